The van der Waals surface area contributed by atoms with E-state index in [1.165, 1.54) is 12.1 Å². The molecule has 0 N–H and O–H groups in total. The van der Waals surface area contributed by atoms with Gasteiger partial charge >= 0.3 is 12.7 Å². The van der Waals surface area contributed by atoms with Crippen LogP contribution in [0, 0.1) is 35.0 Å². The van der Waals surface area contributed by atoms with Crippen molar-refractivity contribution in [1.82, 2.24) is 0 Å². The van der Waals surface area contributed by atoms with Gasteiger partial charge in [-0.2, -0.15) is 17.6 Å². The second-order valence-corrected chi connectivity index (χ2v) is 11.2. The predicted molar refractivity (Wildman–Crippen MR) is 157 cm³/mol. The predicted octanol–water partition coefficient (Wildman–Crippen LogP) is 10.7. The number of hydrogen-bond acceptors (Lipinski definition) is 4. The Balaban J connectivity index is 1.27. The highest BCUT2D eigenvalue weighted by Gasteiger charge is 2.38. The molecule has 4 nitrogen and oxygen atoms in total. The summed E-state index contributed by atoms with van der Waals surface area (Å²) in [5, 5.41) is 0. The molecule has 0 aromatic heterocycles. The van der Waals surface area contributed by atoms with Gasteiger partial charge in [0.1, 0.15) is 23.2 Å². The monoisotopic (exact) mass is 684 g/mol. The largest absolute Gasteiger partial charge is 0.429 e. The third-order valence-corrected chi connectivity index (χ3v) is 7.74. The van der Waals surface area contributed by atoms with Crippen LogP contribution in [0.2, 0.25) is 0 Å². The molecule has 0 amide bonds. The average Bonchev–Trinajstić information content (AvgIpc) is 3.03. The zero-order valence-electron chi connectivity index (χ0n) is 25.4. The molecule has 4 aromatic carbocycles. The molecule has 1 fully saturated rings. The fraction of sp³-hybridized carbons (Fsp3) is 0.314. The quantitative estimate of drug-likeness (QED) is 0.110. The van der Waals surface area contributed by atoms with Gasteiger partial charge in [-0.05, 0) is 60.0 Å². The van der Waals surface area contributed by atoms with Crippen molar-refractivity contribution in [2.45, 2.75) is 51.6 Å². The maximum absolute atomic E-state index is 15.1. The minimum absolute atomic E-state index is 0.0771. The van der Waals surface area contributed by atoms with Crippen molar-refractivity contribution in [3.05, 3.63) is 107 Å². The first kappa shape index (κ1) is 35.1. The molecule has 0 saturated carbocycles. The summed E-state index contributed by atoms with van der Waals surface area (Å²) in [4.78, 5) is 0. The Kier molecular flexibility index (Phi) is 10.9. The number of rotatable bonds is 12. The summed E-state index contributed by atoms with van der Waals surface area (Å²) in [5.41, 5.74) is -1.92. The summed E-state index contributed by atoms with van der Waals surface area (Å²) in [7, 11) is 0. The lowest BCUT2D eigenvalue weighted by atomic mass is 9.99. The lowest BCUT2D eigenvalue weighted by Crippen LogP contribution is -2.27. The van der Waals surface area contributed by atoms with Gasteiger partial charge in [0.2, 0.25) is 0 Å². The van der Waals surface area contributed by atoms with E-state index in [0.717, 1.165) is 62.1 Å². The van der Waals surface area contributed by atoms with Crippen molar-refractivity contribution in [3.8, 4) is 33.8 Å². The van der Waals surface area contributed by atoms with Crippen molar-refractivity contribution in [1.29, 1.82) is 0 Å². The normalized spacial score (nSPS) is 16.7. The summed E-state index contributed by atoms with van der Waals surface area (Å²) in [5.74, 6) is -8.26. The van der Waals surface area contributed by atoms with Gasteiger partial charge < -0.3 is 18.9 Å². The molecule has 0 bridgehead atoms. The highest BCUT2D eigenvalue weighted by Crippen LogP contribution is 2.38. The smallest absolute Gasteiger partial charge is 0.429 e. The number of alkyl halides is 4. The Hall–Kier alpha value is -4.23. The van der Waals surface area contributed by atoms with E-state index in [1.807, 2.05) is 0 Å². The van der Waals surface area contributed by atoms with E-state index in [2.05, 4.69) is 16.4 Å². The van der Waals surface area contributed by atoms with Gasteiger partial charge in [0.25, 0.3) is 0 Å². The Morgan fingerprint density at radius 2 is 1.35 bits per heavy atom. The van der Waals surface area contributed by atoms with Gasteiger partial charge in [-0.15, -0.1) is 0 Å². The van der Waals surface area contributed by atoms with E-state index < -0.39 is 65.2 Å². The Morgan fingerprint density at radius 1 is 0.729 bits per heavy atom. The number of ether oxygens (including phenoxy) is 4. The molecule has 48 heavy (non-hydrogen) atoms. The van der Waals surface area contributed by atoms with Crippen LogP contribution in [-0.4, -0.2) is 19.8 Å². The third kappa shape index (κ3) is 8.07. The molecule has 0 aliphatic carbocycles. The van der Waals surface area contributed by atoms with Crippen LogP contribution in [0.15, 0.2) is 66.7 Å². The molecule has 4 aromatic rings. The molecular weight excluding hydrogens is 655 g/mol. The van der Waals surface area contributed by atoms with Gasteiger partial charge in [0.15, 0.2) is 23.7 Å². The van der Waals surface area contributed by atoms with Crippen LogP contribution in [0.1, 0.15) is 50.0 Å². The summed E-state index contributed by atoms with van der Waals surface area (Å²) >= 11 is 0. The van der Waals surface area contributed by atoms with E-state index >= 15 is 13.2 Å². The molecule has 0 unspecified atom stereocenters. The summed E-state index contributed by atoms with van der Waals surface area (Å²) in [6.07, 6.45) is -1.01. The molecule has 1 heterocycles. The fourth-order valence-electron chi connectivity index (χ4n) is 5.33. The van der Waals surface area contributed by atoms with Crippen LogP contribution in [0.5, 0.6) is 11.5 Å². The molecule has 1 saturated heterocycles. The number of halogens is 9. The van der Waals surface area contributed by atoms with E-state index in [0.29, 0.717) is 31.4 Å². The topological polar surface area (TPSA) is 36.9 Å². The van der Waals surface area contributed by atoms with Crippen LogP contribution in [0.25, 0.3) is 22.3 Å². The maximum Gasteiger partial charge on any atom is 0.429 e. The third-order valence-electron chi connectivity index (χ3n) is 7.74. The first-order valence-electron chi connectivity index (χ1n) is 15.0. The zero-order valence-corrected chi connectivity index (χ0v) is 25.4. The summed E-state index contributed by atoms with van der Waals surface area (Å²) < 4.78 is 148. The van der Waals surface area contributed by atoms with E-state index in [4.69, 9.17) is 9.47 Å². The molecule has 256 valence electrons. The standard InChI is InChI=1S/C35H29F9O4/c1-2-3-4-5-19-17-45-33(46-18-19)21-7-11-26(29(38)13-21)35(43,44)48-23-8-10-24(28(37)16-23)20-6-9-25(27(36)12-20)22-14-30(39)32(31(40)15-22)47-34(41)42/h6-16,19,33-34H,2-5,17-18H2,1H3. The zero-order chi connectivity index (χ0) is 34.6. The first-order valence-corrected chi connectivity index (χ1v) is 15.0. The first-order chi connectivity index (χ1) is 22.9. The van der Waals surface area contributed by atoms with E-state index in [9.17, 15) is 26.3 Å². The van der Waals surface area contributed by atoms with Crippen LogP contribution >= 0.6 is 0 Å². The van der Waals surface area contributed by atoms with Crippen molar-refractivity contribution in [3.63, 3.8) is 0 Å². The van der Waals surface area contributed by atoms with Crippen molar-refractivity contribution >= 4 is 0 Å². The summed E-state index contributed by atoms with van der Waals surface area (Å²) in [6, 6.07) is 9.78. The molecule has 1 aliphatic rings. The second kappa shape index (κ2) is 14.9. The molecule has 0 spiro atoms. The van der Waals surface area contributed by atoms with Crippen LogP contribution in [0.4, 0.5) is 39.5 Å². The van der Waals surface area contributed by atoms with Gasteiger partial charge in [-0.1, -0.05) is 44.4 Å². The van der Waals surface area contributed by atoms with Crippen LogP contribution in [0.3, 0.4) is 0 Å². The SMILES string of the molecule is CCCCCC1COC(c2ccc(C(F)(F)Oc3ccc(-c4ccc(-c5cc(F)c(OC(F)F)c(F)c5)c(F)c4)c(F)c3)c(F)c2)OC1. The molecule has 0 atom stereocenters. The highest BCUT2D eigenvalue weighted by atomic mass is 19.3. The number of benzene rings is 4. The molecular formula is C35H29F9O4. The Morgan fingerprint density at radius 3 is 1.96 bits per heavy atom. The van der Waals surface area contributed by atoms with Crippen LogP contribution in [-0.2, 0) is 15.6 Å². The maximum atomic E-state index is 15.1. The second-order valence-electron chi connectivity index (χ2n) is 11.2. The minimum atomic E-state index is -4.22. The van der Waals surface area contributed by atoms with Crippen molar-refractivity contribution < 1.29 is 58.5 Å². The van der Waals surface area contributed by atoms with Crippen molar-refractivity contribution in [2.24, 2.45) is 5.92 Å². The Bertz CT molecular complexity index is 1720. The summed E-state index contributed by atoms with van der Waals surface area (Å²) in [6.45, 7) is -0.610. The van der Waals surface area contributed by atoms with Gasteiger partial charge in [0.05, 0.1) is 18.8 Å². The van der Waals surface area contributed by atoms with E-state index in [1.54, 1.807) is 0 Å². The fourth-order valence-corrected chi connectivity index (χ4v) is 5.33. The van der Waals surface area contributed by atoms with E-state index in [-0.39, 0.29) is 33.7 Å². The number of hydrogen-bond donors (Lipinski definition) is 0. The van der Waals surface area contributed by atoms with Crippen LogP contribution < -0.4 is 9.47 Å². The number of unbranched alkanes of at least 4 members (excludes halogenated alkanes) is 2. The highest BCUT2D eigenvalue weighted by molar-refractivity contribution is 5.72. The minimum Gasteiger partial charge on any atom is -0.429 e. The molecule has 13 heteroatoms. The lowest BCUT2D eigenvalue weighted by Gasteiger charge is -2.30. The molecule has 5 rings (SSSR count). The Labute approximate surface area is 270 Å². The van der Waals surface area contributed by atoms with Gasteiger partial charge in [-0.25, -0.2) is 22.0 Å². The molecule has 0 radical (unpaired) electrons. The lowest BCUT2D eigenvalue weighted by molar-refractivity contribution is -0.206. The van der Waals surface area contributed by atoms with Gasteiger partial charge in [-0.3, -0.25) is 0 Å². The van der Waals surface area contributed by atoms with Gasteiger partial charge in [0, 0.05) is 28.7 Å². The molecule has 1 aliphatic heterocycles. The average molecular weight is 685 g/mol. The van der Waals surface area contributed by atoms with Crippen molar-refractivity contribution in [2.75, 3.05) is 13.2 Å².